The molecule has 0 radical (unpaired) electrons. The summed E-state index contributed by atoms with van der Waals surface area (Å²) in [4.78, 5) is 0. The third kappa shape index (κ3) is 8.29. The van der Waals surface area contributed by atoms with Crippen LogP contribution >= 0.6 is 33.2 Å². The van der Waals surface area contributed by atoms with E-state index in [4.69, 9.17) is 33.2 Å². The number of halogens is 20. The number of hydrogen-bond acceptors (Lipinski definition) is 0. The Morgan fingerprint density at radius 1 is 0.350 bits per heavy atom. The molecule has 0 heterocycles. The van der Waals surface area contributed by atoms with Gasteiger partial charge in [0.1, 0.15) is 0 Å². The largest absolute Gasteiger partial charge is 0.460 e. The van der Waals surface area contributed by atoms with Crippen molar-refractivity contribution in [3.05, 3.63) is 0 Å². The smallest absolute Gasteiger partial charge is 0.200 e. The third-order valence-corrected chi connectivity index (χ3v) is 8.36. The lowest BCUT2D eigenvalue weighted by atomic mass is 9.87. The predicted molar refractivity (Wildman–Crippen MR) is 115 cm³/mol. The van der Waals surface area contributed by atoms with Gasteiger partial charge in [0.05, 0.1) is 0 Å². The van der Waals surface area contributed by atoms with Crippen LogP contribution in [0.15, 0.2) is 0 Å². The summed E-state index contributed by atoms with van der Waals surface area (Å²) in [6, 6.07) is -2.34. The van der Waals surface area contributed by atoms with Crippen LogP contribution in [0.2, 0.25) is 6.04 Å². The maximum Gasteiger partial charge on any atom is 0.460 e. The molecule has 0 fully saturated rings. The van der Waals surface area contributed by atoms with Gasteiger partial charge in [0.15, 0.2) is 0 Å². The molecule has 0 aromatic carbocycles. The average Bonchev–Trinajstić information content (AvgIpc) is 2.74. The molecule has 0 aliphatic rings. The standard InChI is InChI=1S/C19H22Cl3F17Si/c20-40(21,22)11-9-7-5-3-1-2-4-6-8-10-12(23,24)13(25,26)14(27,28)15(29,30)16(31,32)17(33,34)18(35,36)19(37,38)39/h1-11H2. The van der Waals surface area contributed by atoms with Crippen LogP contribution in [0, 0.1) is 0 Å². The second kappa shape index (κ2) is 13.3. The van der Waals surface area contributed by atoms with Gasteiger partial charge in [0.25, 0.3) is 0 Å². The van der Waals surface area contributed by atoms with Gasteiger partial charge in [-0.05, 0) is 12.5 Å². The van der Waals surface area contributed by atoms with E-state index in [1.165, 1.54) is 0 Å². The molecule has 0 saturated carbocycles. The Bertz CT molecular complexity index is 794. The Morgan fingerprint density at radius 2 is 0.625 bits per heavy atom. The fourth-order valence-electron chi connectivity index (χ4n) is 3.26. The molecule has 21 heteroatoms. The predicted octanol–water partition coefficient (Wildman–Crippen LogP) is 11.6. The van der Waals surface area contributed by atoms with Crippen LogP contribution in [0.25, 0.3) is 0 Å². The van der Waals surface area contributed by atoms with Gasteiger partial charge in [0, 0.05) is 6.42 Å². The Kier molecular flexibility index (Phi) is 13.2. The molecular formula is C19H22Cl3F17Si. The van der Waals surface area contributed by atoms with E-state index in [9.17, 15) is 74.6 Å². The minimum atomic E-state index is -8.59. The van der Waals surface area contributed by atoms with E-state index in [2.05, 4.69) is 0 Å². The van der Waals surface area contributed by atoms with Crippen LogP contribution in [0.3, 0.4) is 0 Å². The molecule has 0 amide bonds. The molecular weight excluding hydrogens is 686 g/mol. The average molecular weight is 708 g/mol. The second-order valence-corrected chi connectivity index (χ2v) is 18.2. The molecule has 0 saturated heterocycles. The van der Waals surface area contributed by atoms with Crippen molar-refractivity contribution in [3.8, 4) is 0 Å². The summed E-state index contributed by atoms with van der Waals surface area (Å²) >= 11 is 17.1. The molecule has 0 unspecified atom stereocenters. The minimum absolute atomic E-state index is 0.0338. The molecule has 0 aromatic rings. The van der Waals surface area contributed by atoms with E-state index < -0.39 is 72.9 Å². The van der Waals surface area contributed by atoms with Gasteiger partial charge in [-0.25, -0.2) is 0 Å². The second-order valence-electron chi connectivity index (χ2n) is 8.95. The van der Waals surface area contributed by atoms with E-state index in [1.807, 2.05) is 0 Å². The molecule has 0 aliphatic heterocycles. The maximum absolute atomic E-state index is 13.8. The summed E-state index contributed by atoms with van der Waals surface area (Å²) < 4.78 is 225. The van der Waals surface area contributed by atoms with Gasteiger partial charge in [-0.1, -0.05) is 51.4 Å². The van der Waals surface area contributed by atoms with Gasteiger partial charge in [-0.2, -0.15) is 74.6 Å². The van der Waals surface area contributed by atoms with Crippen LogP contribution in [0.4, 0.5) is 74.6 Å². The minimum Gasteiger partial charge on any atom is -0.200 e. The molecule has 0 nitrogen and oxygen atoms in total. The summed E-state index contributed by atoms with van der Waals surface area (Å²) in [5.74, 6) is -55.9. The van der Waals surface area contributed by atoms with Gasteiger partial charge in [-0.15, -0.1) is 33.2 Å². The summed E-state index contributed by atoms with van der Waals surface area (Å²) in [6.07, 6.45) is -8.15. The normalized spacial score (nSPS) is 15.6. The number of alkyl halides is 17. The Morgan fingerprint density at radius 3 is 0.950 bits per heavy atom. The number of unbranched alkanes of at least 4 members (excludes halogenated alkanes) is 8. The zero-order valence-corrected chi connectivity index (χ0v) is 23.1. The molecule has 0 atom stereocenters. The highest BCUT2D eigenvalue weighted by Gasteiger charge is 2.95. The fraction of sp³-hybridized carbons (Fsp3) is 1.00. The first kappa shape index (κ1) is 39.9. The maximum atomic E-state index is 13.8. The van der Waals surface area contributed by atoms with Crippen molar-refractivity contribution in [2.45, 2.75) is 118 Å². The lowest BCUT2D eigenvalue weighted by molar-refractivity contribution is -0.461. The van der Waals surface area contributed by atoms with Crippen molar-refractivity contribution in [1.29, 1.82) is 0 Å². The lowest BCUT2D eigenvalue weighted by Crippen LogP contribution is -2.74. The van der Waals surface area contributed by atoms with E-state index in [1.54, 1.807) is 0 Å². The van der Waals surface area contributed by atoms with Crippen molar-refractivity contribution in [2.75, 3.05) is 0 Å². The topological polar surface area (TPSA) is 0 Å². The fourth-order valence-corrected chi connectivity index (χ4v) is 5.12. The van der Waals surface area contributed by atoms with E-state index >= 15 is 0 Å². The highest BCUT2D eigenvalue weighted by Crippen LogP contribution is 2.64. The zero-order chi connectivity index (χ0) is 32.3. The van der Waals surface area contributed by atoms with E-state index in [0.717, 1.165) is 0 Å². The summed E-state index contributed by atoms with van der Waals surface area (Å²) in [5, 5.41) is 0. The molecule has 0 bridgehead atoms. The quantitative estimate of drug-likeness (QED) is 0.0576. The van der Waals surface area contributed by atoms with Gasteiger partial charge >= 0.3 is 53.6 Å². The molecule has 0 spiro atoms. The lowest BCUT2D eigenvalue weighted by Gasteiger charge is -2.42. The van der Waals surface area contributed by atoms with Crippen LogP contribution in [0.1, 0.15) is 64.2 Å². The monoisotopic (exact) mass is 706 g/mol. The van der Waals surface area contributed by atoms with Gasteiger partial charge in [-0.3, -0.25) is 0 Å². The molecule has 40 heavy (non-hydrogen) atoms. The molecule has 242 valence electrons. The summed E-state index contributed by atoms with van der Waals surface area (Å²) in [6.45, 7) is 0. The van der Waals surface area contributed by atoms with Crippen molar-refractivity contribution in [2.24, 2.45) is 0 Å². The molecule has 0 rings (SSSR count). The van der Waals surface area contributed by atoms with Crippen LogP contribution in [-0.4, -0.2) is 53.6 Å². The van der Waals surface area contributed by atoms with Crippen molar-refractivity contribution in [1.82, 2.24) is 0 Å². The Hall–Kier alpha value is -0.103. The Labute approximate surface area is 232 Å². The van der Waals surface area contributed by atoms with Gasteiger partial charge < -0.3 is 0 Å². The number of hydrogen-bond donors (Lipinski definition) is 0. The van der Waals surface area contributed by atoms with Crippen molar-refractivity contribution < 1.29 is 74.6 Å². The highest BCUT2D eigenvalue weighted by atomic mass is 35.8. The van der Waals surface area contributed by atoms with Crippen LogP contribution in [-0.2, 0) is 0 Å². The van der Waals surface area contributed by atoms with Gasteiger partial charge in [0.2, 0.25) is 0 Å². The van der Waals surface area contributed by atoms with Crippen LogP contribution < -0.4 is 0 Å². The third-order valence-electron chi connectivity index (χ3n) is 5.74. The van der Waals surface area contributed by atoms with E-state index in [-0.39, 0.29) is 6.42 Å². The van der Waals surface area contributed by atoms with Crippen LogP contribution in [0.5, 0.6) is 0 Å². The zero-order valence-electron chi connectivity index (χ0n) is 19.8. The first-order chi connectivity index (χ1) is 17.5. The first-order valence-electron chi connectivity index (χ1n) is 11.2. The summed E-state index contributed by atoms with van der Waals surface area (Å²) in [7, 11) is 0. The Balaban J connectivity index is 5.30. The van der Waals surface area contributed by atoms with Crippen molar-refractivity contribution >= 4 is 39.2 Å². The molecule has 0 aromatic heterocycles. The number of rotatable bonds is 18. The molecule has 0 N–H and O–H groups in total. The SMILES string of the molecule is FC(F)(F)C(F)(F)C(F)(F)C(F)(F)C(F)(F)C(F)(F)C(F)(F)C(F)(F)CCCCCCCCCCC[Si](Cl)(Cl)Cl. The van der Waals surface area contributed by atoms with E-state index in [0.29, 0.717) is 44.6 Å². The summed E-state index contributed by atoms with van der Waals surface area (Å²) in [5.41, 5.74) is 0. The first-order valence-corrected chi connectivity index (χ1v) is 16.5. The highest BCUT2D eigenvalue weighted by molar-refractivity contribution is 7.64. The molecule has 0 aliphatic carbocycles. The van der Waals surface area contributed by atoms with Crippen molar-refractivity contribution in [3.63, 3.8) is 0 Å².